The van der Waals surface area contributed by atoms with Gasteiger partial charge < -0.3 is 0 Å². The number of carbonyl (C=O) groups is 1. The first-order chi connectivity index (χ1) is 7.20. The SMILES string of the molecule is O=Cc1nc(Br)sc1-c1cccc(F)c1. The van der Waals surface area contributed by atoms with E-state index >= 15 is 0 Å². The van der Waals surface area contributed by atoms with Crippen LogP contribution in [0.4, 0.5) is 4.39 Å². The average Bonchev–Trinajstić information content (AvgIpc) is 2.59. The monoisotopic (exact) mass is 285 g/mol. The maximum absolute atomic E-state index is 13.0. The third-order valence-electron chi connectivity index (χ3n) is 1.83. The quantitative estimate of drug-likeness (QED) is 0.790. The number of benzene rings is 1. The molecule has 2 rings (SSSR count). The lowest BCUT2D eigenvalue weighted by molar-refractivity contribution is 0.112. The van der Waals surface area contributed by atoms with Crippen LogP contribution >= 0.6 is 27.3 Å². The summed E-state index contributed by atoms with van der Waals surface area (Å²) in [6.45, 7) is 0. The summed E-state index contributed by atoms with van der Waals surface area (Å²) < 4.78 is 13.6. The van der Waals surface area contributed by atoms with E-state index in [2.05, 4.69) is 20.9 Å². The van der Waals surface area contributed by atoms with E-state index in [0.717, 1.165) is 0 Å². The summed E-state index contributed by atoms with van der Waals surface area (Å²) in [5.74, 6) is -0.325. The van der Waals surface area contributed by atoms with Crippen LogP contribution in [-0.4, -0.2) is 11.3 Å². The second kappa shape index (κ2) is 4.20. The Labute approximate surface area is 97.9 Å². The first kappa shape index (κ1) is 10.4. The van der Waals surface area contributed by atoms with Gasteiger partial charge in [-0.3, -0.25) is 4.79 Å². The number of carbonyl (C=O) groups excluding carboxylic acids is 1. The lowest BCUT2D eigenvalue weighted by atomic mass is 10.1. The highest BCUT2D eigenvalue weighted by Gasteiger charge is 2.11. The first-order valence-corrected chi connectivity index (χ1v) is 5.69. The van der Waals surface area contributed by atoms with Crippen molar-refractivity contribution in [1.29, 1.82) is 0 Å². The van der Waals surface area contributed by atoms with E-state index in [9.17, 15) is 9.18 Å². The van der Waals surface area contributed by atoms with Crippen molar-refractivity contribution in [3.63, 3.8) is 0 Å². The van der Waals surface area contributed by atoms with Crippen LogP contribution in [0.2, 0.25) is 0 Å². The van der Waals surface area contributed by atoms with Gasteiger partial charge in [-0.05, 0) is 33.6 Å². The molecule has 0 atom stereocenters. The molecule has 0 amide bonds. The Hall–Kier alpha value is -1.07. The number of aldehydes is 1. The zero-order chi connectivity index (χ0) is 10.8. The van der Waals surface area contributed by atoms with E-state index in [1.165, 1.54) is 23.5 Å². The minimum Gasteiger partial charge on any atom is -0.296 e. The van der Waals surface area contributed by atoms with Crippen molar-refractivity contribution < 1.29 is 9.18 Å². The predicted molar refractivity (Wildman–Crippen MR) is 60.6 cm³/mol. The molecular weight excluding hydrogens is 281 g/mol. The molecule has 0 aliphatic carbocycles. The van der Waals surface area contributed by atoms with Crippen molar-refractivity contribution in [3.8, 4) is 10.4 Å². The number of rotatable bonds is 2. The van der Waals surface area contributed by atoms with Crippen LogP contribution < -0.4 is 0 Å². The van der Waals surface area contributed by atoms with E-state index in [0.29, 0.717) is 26.3 Å². The van der Waals surface area contributed by atoms with Gasteiger partial charge in [-0.15, -0.1) is 11.3 Å². The van der Waals surface area contributed by atoms with Crippen molar-refractivity contribution in [2.75, 3.05) is 0 Å². The maximum atomic E-state index is 13.0. The lowest BCUT2D eigenvalue weighted by Gasteiger charge is -1.97. The Morgan fingerprint density at radius 2 is 2.27 bits per heavy atom. The van der Waals surface area contributed by atoms with Crippen molar-refractivity contribution in [1.82, 2.24) is 4.98 Å². The maximum Gasteiger partial charge on any atom is 0.169 e. The van der Waals surface area contributed by atoms with Crippen LogP contribution in [-0.2, 0) is 0 Å². The molecule has 2 nitrogen and oxygen atoms in total. The van der Waals surface area contributed by atoms with Gasteiger partial charge in [0.15, 0.2) is 10.2 Å². The van der Waals surface area contributed by atoms with Gasteiger partial charge in [-0.25, -0.2) is 9.37 Å². The molecule has 0 unspecified atom stereocenters. The molecule has 0 saturated carbocycles. The molecule has 0 aliphatic rings. The molecule has 0 aliphatic heterocycles. The Morgan fingerprint density at radius 3 is 2.93 bits per heavy atom. The topological polar surface area (TPSA) is 30.0 Å². The fourth-order valence-corrected chi connectivity index (χ4v) is 2.65. The zero-order valence-corrected chi connectivity index (χ0v) is 9.81. The molecule has 2 aromatic rings. The fourth-order valence-electron chi connectivity index (χ4n) is 1.22. The van der Waals surface area contributed by atoms with E-state index in [1.54, 1.807) is 12.1 Å². The lowest BCUT2D eigenvalue weighted by Crippen LogP contribution is -1.84. The summed E-state index contributed by atoms with van der Waals surface area (Å²) in [4.78, 5) is 15.4. The number of thiazole rings is 1. The van der Waals surface area contributed by atoms with Gasteiger partial charge in [-0.2, -0.15) is 0 Å². The number of hydrogen-bond acceptors (Lipinski definition) is 3. The van der Waals surface area contributed by atoms with Crippen LogP contribution in [0.1, 0.15) is 10.5 Å². The second-order valence-electron chi connectivity index (χ2n) is 2.81. The summed E-state index contributed by atoms with van der Waals surface area (Å²) in [7, 11) is 0. The van der Waals surface area contributed by atoms with Crippen LogP contribution in [0, 0.1) is 5.82 Å². The molecule has 15 heavy (non-hydrogen) atoms. The normalized spacial score (nSPS) is 10.3. The molecule has 5 heteroatoms. The highest BCUT2D eigenvalue weighted by Crippen LogP contribution is 2.32. The Morgan fingerprint density at radius 1 is 1.47 bits per heavy atom. The first-order valence-electron chi connectivity index (χ1n) is 4.08. The standard InChI is InChI=1S/C10H5BrFNOS/c11-10-13-8(5-14)9(15-10)6-2-1-3-7(12)4-6/h1-5H. The van der Waals surface area contributed by atoms with Gasteiger partial charge in [0.2, 0.25) is 0 Å². The Kier molecular flexibility index (Phi) is 2.93. The van der Waals surface area contributed by atoms with Gasteiger partial charge in [0.1, 0.15) is 11.5 Å². The molecule has 0 saturated heterocycles. The fraction of sp³-hybridized carbons (Fsp3) is 0. The van der Waals surface area contributed by atoms with E-state index < -0.39 is 0 Å². The number of aromatic nitrogens is 1. The van der Waals surface area contributed by atoms with E-state index in [1.807, 2.05) is 0 Å². The minimum absolute atomic E-state index is 0.325. The molecule has 0 spiro atoms. The van der Waals surface area contributed by atoms with Crippen molar-refractivity contribution in [2.24, 2.45) is 0 Å². The van der Waals surface area contributed by atoms with Crippen molar-refractivity contribution >= 4 is 33.6 Å². The Bertz CT molecular complexity index is 512. The minimum atomic E-state index is -0.325. The third kappa shape index (κ3) is 2.13. The summed E-state index contributed by atoms with van der Waals surface area (Å²) in [6, 6.07) is 6.09. The third-order valence-corrected chi connectivity index (χ3v) is 3.40. The predicted octanol–water partition coefficient (Wildman–Crippen LogP) is 3.52. The van der Waals surface area contributed by atoms with E-state index in [-0.39, 0.29) is 5.82 Å². The molecule has 1 aromatic carbocycles. The van der Waals surface area contributed by atoms with Crippen LogP contribution in [0.3, 0.4) is 0 Å². The van der Waals surface area contributed by atoms with Gasteiger partial charge in [0.05, 0.1) is 4.88 Å². The van der Waals surface area contributed by atoms with Crippen LogP contribution in [0.15, 0.2) is 28.2 Å². The molecule has 76 valence electrons. The van der Waals surface area contributed by atoms with Gasteiger partial charge in [-0.1, -0.05) is 12.1 Å². The average molecular weight is 286 g/mol. The van der Waals surface area contributed by atoms with Crippen LogP contribution in [0.5, 0.6) is 0 Å². The van der Waals surface area contributed by atoms with Gasteiger partial charge in [0, 0.05) is 0 Å². The second-order valence-corrected chi connectivity index (χ2v) is 5.08. The van der Waals surface area contributed by atoms with E-state index in [4.69, 9.17) is 0 Å². The number of halogens is 2. The highest BCUT2D eigenvalue weighted by molar-refractivity contribution is 9.11. The molecule has 1 aromatic heterocycles. The molecule has 0 radical (unpaired) electrons. The highest BCUT2D eigenvalue weighted by atomic mass is 79.9. The number of nitrogens with zero attached hydrogens (tertiary/aromatic N) is 1. The zero-order valence-electron chi connectivity index (χ0n) is 7.41. The Balaban J connectivity index is 2.57. The summed E-state index contributed by atoms with van der Waals surface area (Å²) in [5.41, 5.74) is 0.998. The summed E-state index contributed by atoms with van der Waals surface area (Å²) in [6.07, 6.45) is 0.668. The molecule has 1 heterocycles. The van der Waals surface area contributed by atoms with Gasteiger partial charge in [0.25, 0.3) is 0 Å². The largest absolute Gasteiger partial charge is 0.296 e. The van der Waals surface area contributed by atoms with Crippen molar-refractivity contribution in [3.05, 3.63) is 39.7 Å². The smallest absolute Gasteiger partial charge is 0.169 e. The van der Waals surface area contributed by atoms with Gasteiger partial charge >= 0.3 is 0 Å². The van der Waals surface area contributed by atoms with Crippen LogP contribution in [0.25, 0.3) is 10.4 Å². The summed E-state index contributed by atoms with van der Waals surface area (Å²) in [5, 5.41) is 0. The molecule has 0 N–H and O–H groups in total. The molecule has 0 bridgehead atoms. The molecular formula is C10H5BrFNOS. The number of hydrogen-bond donors (Lipinski definition) is 0. The summed E-state index contributed by atoms with van der Waals surface area (Å²) >= 11 is 4.50. The molecule has 0 fully saturated rings. The van der Waals surface area contributed by atoms with Crippen molar-refractivity contribution in [2.45, 2.75) is 0 Å².